The van der Waals surface area contributed by atoms with Crippen LogP contribution in [0.1, 0.15) is 33.6 Å². The number of pyridine rings is 1. The van der Waals surface area contributed by atoms with Crippen LogP contribution < -0.4 is 5.32 Å². The highest BCUT2D eigenvalue weighted by atomic mass is 35.5. The van der Waals surface area contributed by atoms with Gasteiger partial charge in [-0.2, -0.15) is 4.39 Å². The van der Waals surface area contributed by atoms with Gasteiger partial charge in [0.25, 0.3) is 0 Å². The van der Waals surface area contributed by atoms with E-state index in [-0.39, 0.29) is 22.8 Å². The summed E-state index contributed by atoms with van der Waals surface area (Å²) in [6.45, 7) is 6.29. The van der Waals surface area contributed by atoms with Crippen LogP contribution in [0, 0.1) is 11.6 Å². The van der Waals surface area contributed by atoms with Crippen molar-refractivity contribution in [2.45, 2.75) is 45.3 Å². The first-order valence-electron chi connectivity index (χ1n) is 10.2. The zero-order valence-electron chi connectivity index (χ0n) is 17.9. The molecular weight excluding hydrogens is 442 g/mol. The van der Waals surface area contributed by atoms with Gasteiger partial charge in [0.1, 0.15) is 22.8 Å². The van der Waals surface area contributed by atoms with Crippen molar-refractivity contribution in [3.63, 3.8) is 0 Å². The van der Waals surface area contributed by atoms with E-state index >= 15 is 0 Å². The van der Waals surface area contributed by atoms with Gasteiger partial charge in [0.15, 0.2) is 16.8 Å². The number of carbonyl (C=O) groups excluding carboxylic acids is 1. The third-order valence-corrected chi connectivity index (χ3v) is 5.17. The third-order valence-electron chi connectivity index (χ3n) is 4.92. The summed E-state index contributed by atoms with van der Waals surface area (Å²) in [4.78, 5) is 26.5. The van der Waals surface area contributed by atoms with Crippen LogP contribution in [0.15, 0.2) is 24.5 Å². The normalized spacial score (nSPS) is 16.9. The molecule has 3 aromatic heterocycles. The fourth-order valence-electron chi connectivity index (χ4n) is 3.53. The maximum absolute atomic E-state index is 14.7. The fraction of sp³-hybridized carbons (Fsp3) is 0.429. The van der Waals surface area contributed by atoms with Crippen LogP contribution in [-0.2, 0) is 4.74 Å². The van der Waals surface area contributed by atoms with Gasteiger partial charge < -0.3 is 15.0 Å². The van der Waals surface area contributed by atoms with E-state index in [2.05, 4.69) is 20.3 Å². The Hall–Kier alpha value is -3.01. The van der Waals surface area contributed by atoms with Gasteiger partial charge in [0.2, 0.25) is 5.82 Å². The SMILES string of the molecule is CC(C)(C)OC(=O)N1CCCC(Nc2nc(-c3cnc4ccc(F)cn34)nc(Cl)c2F)C1. The summed E-state index contributed by atoms with van der Waals surface area (Å²) in [5.74, 6) is -1.27. The van der Waals surface area contributed by atoms with Crippen LogP contribution in [0.2, 0.25) is 5.15 Å². The molecule has 1 N–H and O–H groups in total. The lowest BCUT2D eigenvalue weighted by Gasteiger charge is -2.34. The summed E-state index contributed by atoms with van der Waals surface area (Å²) in [6.07, 6.45) is 3.71. The lowest BCUT2D eigenvalue weighted by Crippen LogP contribution is -2.47. The lowest BCUT2D eigenvalue weighted by molar-refractivity contribution is 0.0206. The number of nitrogens with zero attached hydrogens (tertiary/aromatic N) is 5. The number of amides is 1. The molecule has 1 atom stereocenters. The Morgan fingerprint density at radius 3 is 2.81 bits per heavy atom. The van der Waals surface area contributed by atoms with Gasteiger partial charge in [-0.1, -0.05) is 11.6 Å². The summed E-state index contributed by atoms with van der Waals surface area (Å²) in [5, 5.41) is 2.66. The molecule has 8 nitrogen and oxygen atoms in total. The number of anilines is 1. The fourth-order valence-corrected chi connectivity index (χ4v) is 3.70. The molecule has 0 bridgehead atoms. The molecule has 1 fully saturated rings. The molecule has 32 heavy (non-hydrogen) atoms. The van der Waals surface area contributed by atoms with Gasteiger partial charge in [0, 0.05) is 25.3 Å². The topological polar surface area (TPSA) is 84.6 Å². The number of likely N-dealkylation sites (tertiary alicyclic amines) is 1. The average Bonchev–Trinajstić information content (AvgIpc) is 3.13. The minimum absolute atomic E-state index is 0.0943. The number of fused-ring (bicyclic) bond motifs is 1. The Bertz CT molecular complexity index is 1160. The molecule has 4 rings (SSSR count). The molecule has 1 saturated heterocycles. The minimum Gasteiger partial charge on any atom is -0.444 e. The molecular formula is C21H23ClF2N6O2. The van der Waals surface area contributed by atoms with Crippen molar-refractivity contribution >= 4 is 29.2 Å². The van der Waals surface area contributed by atoms with Crippen molar-refractivity contribution in [3.05, 3.63) is 41.3 Å². The molecule has 170 valence electrons. The predicted octanol–water partition coefficient (Wildman–Crippen LogP) is 4.53. The number of ether oxygens (including phenoxy) is 1. The molecule has 1 aliphatic rings. The highest BCUT2D eigenvalue weighted by molar-refractivity contribution is 6.29. The number of carbonyl (C=O) groups is 1. The number of nitrogens with one attached hydrogen (secondary N) is 1. The largest absolute Gasteiger partial charge is 0.444 e. The number of hydrogen-bond acceptors (Lipinski definition) is 6. The van der Waals surface area contributed by atoms with Crippen molar-refractivity contribution in [2.75, 3.05) is 18.4 Å². The highest BCUT2D eigenvalue weighted by Gasteiger charge is 2.29. The molecule has 1 unspecified atom stereocenters. The predicted molar refractivity (Wildman–Crippen MR) is 116 cm³/mol. The minimum atomic E-state index is -0.801. The van der Waals surface area contributed by atoms with E-state index < -0.39 is 23.3 Å². The Morgan fingerprint density at radius 1 is 1.28 bits per heavy atom. The van der Waals surface area contributed by atoms with Gasteiger partial charge >= 0.3 is 6.09 Å². The number of imidazole rings is 1. The molecule has 0 saturated carbocycles. The first-order valence-corrected chi connectivity index (χ1v) is 10.6. The van der Waals surface area contributed by atoms with Crippen molar-refractivity contribution in [1.29, 1.82) is 0 Å². The summed E-state index contributed by atoms with van der Waals surface area (Å²) in [5.41, 5.74) is 0.246. The summed E-state index contributed by atoms with van der Waals surface area (Å²) >= 11 is 6.03. The molecule has 0 aliphatic carbocycles. The number of halogens is 3. The Morgan fingerprint density at radius 2 is 2.06 bits per heavy atom. The van der Waals surface area contributed by atoms with Crippen molar-refractivity contribution in [2.24, 2.45) is 0 Å². The van der Waals surface area contributed by atoms with E-state index in [0.29, 0.717) is 30.9 Å². The van der Waals surface area contributed by atoms with E-state index in [4.69, 9.17) is 16.3 Å². The average molecular weight is 465 g/mol. The quantitative estimate of drug-likeness (QED) is 0.573. The smallest absolute Gasteiger partial charge is 0.410 e. The molecule has 11 heteroatoms. The Balaban J connectivity index is 1.58. The van der Waals surface area contributed by atoms with E-state index in [1.54, 1.807) is 25.7 Å². The molecule has 0 radical (unpaired) electrons. The summed E-state index contributed by atoms with van der Waals surface area (Å²) < 4.78 is 35.3. The van der Waals surface area contributed by atoms with Gasteiger partial charge in [-0.15, -0.1) is 0 Å². The Labute approximate surface area is 188 Å². The number of aromatic nitrogens is 4. The highest BCUT2D eigenvalue weighted by Crippen LogP contribution is 2.27. The monoisotopic (exact) mass is 464 g/mol. The second-order valence-electron chi connectivity index (χ2n) is 8.63. The van der Waals surface area contributed by atoms with Crippen molar-refractivity contribution in [1.82, 2.24) is 24.3 Å². The van der Waals surface area contributed by atoms with Gasteiger partial charge in [-0.3, -0.25) is 4.40 Å². The van der Waals surface area contributed by atoms with Crippen LogP contribution in [0.4, 0.5) is 19.4 Å². The zero-order valence-corrected chi connectivity index (χ0v) is 18.7. The van der Waals surface area contributed by atoms with Gasteiger partial charge in [-0.05, 0) is 45.7 Å². The van der Waals surface area contributed by atoms with Crippen molar-refractivity contribution < 1.29 is 18.3 Å². The van der Waals surface area contributed by atoms with Gasteiger partial charge in [0.05, 0.1) is 6.20 Å². The first-order chi connectivity index (χ1) is 15.1. The van der Waals surface area contributed by atoms with Crippen LogP contribution >= 0.6 is 11.6 Å². The standard InChI is InChI=1S/C21H23ClF2N6O2/c1-21(2,3)32-20(31)29-8-4-5-13(11-29)26-19-16(24)17(22)27-18(28-19)14-9-25-15-7-6-12(23)10-30(14)15/h6-7,9-10,13H,4-5,8,11H2,1-3H3,(H,26,27,28). The number of piperidine rings is 1. The maximum atomic E-state index is 14.7. The molecule has 3 aromatic rings. The van der Waals surface area contributed by atoms with Crippen LogP contribution in [0.5, 0.6) is 0 Å². The molecule has 4 heterocycles. The molecule has 1 aliphatic heterocycles. The second kappa shape index (κ2) is 8.50. The first kappa shape index (κ1) is 22.2. The zero-order chi connectivity index (χ0) is 23.0. The van der Waals surface area contributed by atoms with E-state index in [0.717, 1.165) is 6.42 Å². The van der Waals surface area contributed by atoms with Crippen LogP contribution in [0.25, 0.3) is 17.2 Å². The van der Waals surface area contributed by atoms with Gasteiger partial charge in [-0.25, -0.2) is 24.1 Å². The summed E-state index contributed by atoms with van der Waals surface area (Å²) in [7, 11) is 0. The maximum Gasteiger partial charge on any atom is 0.410 e. The third kappa shape index (κ3) is 4.74. The molecule has 0 spiro atoms. The summed E-state index contributed by atoms with van der Waals surface area (Å²) in [6, 6.07) is 2.54. The van der Waals surface area contributed by atoms with E-state index in [1.165, 1.54) is 28.9 Å². The van der Waals surface area contributed by atoms with Crippen LogP contribution in [0.3, 0.4) is 0 Å². The number of rotatable bonds is 3. The van der Waals surface area contributed by atoms with E-state index in [9.17, 15) is 13.6 Å². The molecule has 1 amide bonds. The lowest BCUT2D eigenvalue weighted by atomic mass is 10.1. The van der Waals surface area contributed by atoms with Crippen molar-refractivity contribution in [3.8, 4) is 11.5 Å². The molecule has 0 aromatic carbocycles. The Kier molecular flexibility index (Phi) is 5.89. The van der Waals surface area contributed by atoms with E-state index in [1.807, 2.05) is 0 Å². The number of hydrogen-bond donors (Lipinski definition) is 1. The van der Waals surface area contributed by atoms with Crippen LogP contribution in [-0.4, -0.2) is 55.1 Å². The second-order valence-corrected chi connectivity index (χ2v) is 8.99.